The molecule has 2 unspecified atom stereocenters. The van der Waals surface area contributed by atoms with E-state index in [2.05, 4.69) is 22.5 Å². The number of fused-ring (bicyclic) bond motifs is 1. The fourth-order valence-electron chi connectivity index (χ4n) is 5.51. The van der Waals surface area contributed by atoms with Gasteiger partial charge in [0, 0.05) is 28.8 Å². The lowest BCUT2D eigenvalue weighted by Crippen LogP contribution is -2.36. The van der Waals surface area contributed by atoms with E-state index in [1.165, 1.54) is 25.7 Å². The van der Waals surface area contributed by atoms with Crippen LogP contribution in [0, 0.1) is 11.8 Å². The second kappa shape index (κ2) is 10.6. The van der Waals surface area contributed by atoms with Crippen molar-refractivity contribution in [2.45, 2.75) is 77.2 Å². The average molecular weight is 473 g/mol. The van der Waals surface area contributed by atoms with Gasteiger partial charge in [0.1, 0.15) is 5.82 Å². The largest absolute Gasteiger partial charge is 0.349 e. The van der Waals surface area contributed by atoms with Gasteiger partial charge in [0.2, 0.25) is 5.91 Å². The summed E-state index contributed by atoms with van der Waals surface area (Å²) in [6, 6.07) is 13.7. The molecule has 2 atom stereocenters. The number of imidazole rings is 1. The first-order valence-corrected chi connectivity index (χ1v) is 13.3. The number of rotatable bonds is 5. The Morgan fingerprint density at radius 2 is 1.69 bits per heavy atom. The molecule has 2 amide bonds. The van der Waals surface area contributed by atoms with Gasteiger partial charge in [-0.2, -0.15) is 0 Å². The molecule has 3 aromatic rings. The summed E-state index contributed by atoms with van der Waals surface area (Å²) in [5.74, 6) is 1.70. The second-order valence-corrected chi connectivity index (χ2v) is 10.5. The van der Waals surface area contributed by atoms with Gasteiger partial charge in [0.05, 0.1) is 11.0 Å². The summed E-state index contributed by atoms with van der Waals surface area (Å²) in [5.41, 5.74) is 4.08. The molecule has 0 aliphatic heterocycles. The van der Waals surface area contributed by atoms with Crippen LogP contribution in [0.5, 0.6) is 0 Å². The van der Waals surface area contributed by atoms with Crippen LogP contribution in [-0.2, 0) is 4.79 Å². The minimum Gasteiger partial charge on any atom is -0.349 e. The Kier molecular flexibility index (Phi) is 7.16. The highest BCUT2D eigenvalue weighted by atomic mass is 16.2. The smallest absolute Gasteiger partial charge is 0.251 e. The van der Waals surface area contributed by atoms with Gasteiger partial charge in [0.15, 0.2) is 0 Å². The molecule has 5 rings (SSSR count). The number of benzene rings is 2. The van der Waals surface area contributed by atoms with Crippen LogP contribution in [0.25, 0.3) is 22.4 Å². The lowest BCUT2D eigenvalue weighted by atomic mass is 9.95. The zero-order valence-corrected chi connectivity index (χ0v) is 20.6. The van der Waals surface area contributed by atoms with Crippen LogP contribution < -0.4 is 10.6 Å². The predicted octanol–water partition coefficient (Wildman–Crippen LogP) is 6.45. The Balaban J connectivity index is 1.24. The first-order chi connectivity index (χ1) is 17.0. The molecule has 2 aliphatic rings. The average Bonchev–Trinajstić information content (AvgIpc) is 3.18. The zero-order valence-electron chi connectivity index (χ0n) is 20.6. The van der Waals surface area contributed by atoms with Crippen molar-refractivity contribution in [2.75, 3.05) is 5.32 Å². The normalized spacial score (nSPS) is 21.4. The molecule has 0 bridgehead atoms. The first kappa shape index (κ1) is 23.6. The van der Waals surface area contributed by atoms with Crippen molar-refractivity contribution in [3.05, 3.63) is 48.0 Å². The van der Waals surface area contributed by atoms with Gasteiger partial charge >= 0.3 is 0 Å². The van der Waals surface area contributed by atoms with Crippen molar-refractivity contribution >= 4 is 28.5 Å². The number of H-pyrrole nitrogens is 1. The Hall–Kier alpha value is -3.15. The monoisotopic (exact) mass is 472 g/mol. The third-order valence-corrected chi connectivity index (χ3v) is 7.74. The maximum atomic E-state index is 12.7. The highest BCUT2D eigenvalue weighted by molar-refractivity contribution is 5.98. The van der Waals surface area contributed by atoms with Crippen molar-refractivity contribution in [3.63, 3.8) is 0 Å². The number of carbonyl (C=O) groups is 2. The molecule has 1 aromatic heterocycles. The van der Waals surface area contributed by atoms with Gasteiger partial charge < -0.3 is 15.6 Å². The van der Waals surface area contributed by atoms with E-state index in [4.69, 9.17) is 4.98 Å². The van der Waals surface area contributed by atoms with Crippen molar-refractivity contribution < 1.29 is 9.59 Å². The van der Waals surface area contributed by atoms with Crippen molar-refractivity contribution in [3.8, 4) is 11.4 Å². The molecule has 2 aliphatic carbocycles. The maximum Gasteiger partial charge on any atom is 0.251 e. The zero-order chi connectivity index (χ0) is 24.2. The Morgan fingerprint density at radius 3 is 2.49 bits per heavy atom. The molecule has 2 fully saturated rings. The topological polar surface area (TPSA) is 86.9 Å². The molecular formula is C29H36N4O2. The number of amides is 2. The van der Waals surface area contributed by atoms with Gasteiger partial charge in [-0.15, -0.1) is 0 Å². The van der Waals surface area contributed by atoms with Crippen LogP contribution in [0.4, 0.5) is 5.69 Å². The summed E-state index contributed by atoms with van der Waals surface area (Å²) < 4.78 is 0. The minimum atomic E-state index is -0.0156. The van der Waals surface area contributed by atoms with Gasteiger partial charge in [0.25, 0.3) is 5.91 Å². The van der Waals surface area contributed by atoms with Gasteiger partial charge in [-0.3, -0.25) is 9.59 Å². The van der Waals surface area contributed by atoms with Gasteiger partial charge in [-0.25, -0.2) is 4.98 Å². The Morgan fingerprint density at radius 1 is 0.886 bits per heavy atom. The summed E-state index contributed by atoms with van der Waals surface area (Å²) >= 11 is 0. The number of aromatic amines is 1. The number of carbonyl (C=O) groups excluding carboxylic acids is 2. The van der Waals surface area contributed by atoms with Crippen LogP contribution in [0.1, 0.15) is 81.5 Å². The fraction of sp³-hybridized carbons (Fsp3) is 0.483. The van der Waals surface area contributed by atoms with Crippen LogP contribution in [0.3, 0.4) is 0 Å². The number of nitrogens with one attached hydrogen (secondary N) is 3. The summed E-state index contributed by atoms with van der Waals surface area (Å²) in [4.78, 5) is 33.5. The van der Waals surface area contributed by atoms with E-state index in [1.54, 1.807) is 0 Å². The molecule has 0 radical (unpaired) electrons. The molecular weight excluding hydrogens is 436 g/mol. The van der Waals surface area contributed by atoms with Crippen LogP contribution >= 0.6 is 0 Å². The third-order valence-electron chi connectivity index (χ3n) is 7.74. The molecule has 184 valence electrons. The summed E-state index contributed by atoms with van der Waals surface area (Å²) in [6.07, 6.45) is 11.2. The molecule has 0 spiro atoms. The lowest BCUT2D eigenvalue weighted by Gasteiger charge is -2.22. The number of hydrogen-bond donors (Lipinski definition) is 3. The van der Waals surface area contributed by atoms with E-state index in [-0.39, 0.29) is 23.8 Å². The standard InChI is InChI=1S/C29H36N4O2/c1-19-6-5-7-21(11-10-19)28(34)31-24-15-12-20(13-16-24)27-32-25-17-14-22(18-26(25)33-27)29(35)30-23-8-3-2-4-9-23/h12-19,21,23H,2-11H2,1H3,(H,30,35)(H,31,34)(H,32,33). The molecule has 2 saturated carbocycles. The number of nitrogens with zero attached hydrogens (tertiary/aromatic N) is 1. The van der Waals surface area contributed by atoms with E-state index in [1.807, 2.05) is 42.5 Å². The quantitative estimate of drug-likeness (QED) is 0.373. The predicted molar refractivity (Wildman–Crippen MR) is 140 cm³/mol. The van der Waals surface area contributed by atoms with E-state index in [0.29, 0.717) is 5.56 Å². The molecule has 2 aromatic carbocycles. The number of hydrogen-bond acceptors (Lipinski definition) is 3. The second-order valence-electron chi connectivity index (χ2n) is 10.5. The fourth-order valence-corrected chi connectivity index (χ4v) is 5.51. The first-order valence-electron chi connectivity index (χ1n) is 13.3. The highest BCUT2D eigenvalue weighted by Gasteiger charge is 2.22. The molecule has 3 N–H and O–H groups in total. The molecule has 6 nitrogen and oxygen atoms in total. The SMILES string of the molecule is CC1CCCC(C(=O)Nc2ccc(-c3nc4ccc(C(=O)NC5CCCCC5)cc4[nH]3)cc2)CC1. The van der Waals surface area contributed by atoms with Crippen molar-refractivity contribution in [1.82, 2.24) is 15.3 Å². The van der Waals surface area contributed by atoms with Crippen LogP contribution in [0.15, 0.2) is 42.5 Å². The summed E-state index contributed by atoms with van der Waals surface area (Å²) in [5, 5.41) is 6.28. The molecule has 35 heavy (non-hydrogen) atoms. The van der Waals surface area contributed by atoms with Gasteiger partial charge in [-0.1, -0.05) is 39.0 Å². The van der Waals surface area contributed by atoms with E-state index < -0.39 is 0 Å². The van der Waals surface area contributed by atoms with E-state index in [9.17, 15) is 9.59 Å². The highest BCUT2D eigenvalue weighted by Crippen LogP contribution is 2.28. The summed E-state index contributed by atoms with van der Waals surface area (Å²) in [6.45, 7) is 2.28. The van der Waals surface area contributed by atoms with E-state index in [0.717, 1.165) is 72.6 Å². The summed E-state index contributed by atoms with van der Waals surface area (Å²) in [7, 11) is 0. The number of aromatic nitrogens is 2. The Labute approximate surface area is 207 Å². The number of anilines is 1. The van der Waals surface area contributed by atoms with Crippen molar-refractivity contribution in [2.24, 2.45) is 11.8 Å². The van der Waals surface area contributed by atoms with Crippen LogP contribution in [0.2, 0.25) is 0 Å². The van der Waals surface area contributed by atoms with Crippen LogP contribution in [-0.4, -0.2) is 27.8 Å². The minimum absolute atomic E-state index is 0.0156. The molecule has 1 heterocycles. The van der Waals surface area contributed by atoms with E-state index >= 15 is 0 Å². The van der Waals surface area contributed by atoms with Crippen molar-refractivity contribution in [1.29, 1.82) is 0 Å². The van der Waals surface area contributed by atoms with Gasteiger partial charge in [-0.05, 0) is 80.5 Å². The maximum absolute atomic E-state index is 12.7. The lowest BCUT2D eigenvalue weighted by molar-refractivity contribution is -0.120. The third kappa shape index (κ3) is 5.75. The molecule has 0 saturated heterocycles. The Bertz CT molecular complexity index is 1180. The molecule has 6 heteroatoms.